The first-order valence-electron chi connectivity index (χ1n) is 14.6. The number of rotatable bonds is 12. The van der Waals surface area contributed by atoms with Crippen molar-refractivity contribution in [3.63, 3.8) is 0 Å². The Morgan fingerprint density at radius 1 is 1.15 bits per heavy atom. The molecule has 2 heterocycles. The van der Waals surface area contributed by atoms with Crippen LogP contribution in [0.2, 0.25) is 0 Å². The minimum atomic E-state index is -1.14. The SMILES string of the molecule is CCOc1cc([C@@H]2NC(=O)NC(C)=C2C(=O)OC)ccc1OC[C@H](O)N/N=C/c1cn(Cc2ccc(C#N)cc2)c2ccccc12. The first-order valence-corrected chi connectivity index (χ1v) is 14.6. The van der Waals surface area contributed by atoms with Crippen molar-refractivity contribution in [3.05, 3.63) is 106 Å². The number of fused-ring (bicyclic) bond motifs is 1. The van der Waals surface area contributed by atoms with Gasteiger partial charge in [-0.25, -0.2) is 9.59 Å². The maximum atomic E-state index is 12.5. The zero-order valence-corrected chi connectivity index (χ0v) is 25.6. The smallest absolute Gasteiger partial charge is 0.337 e. The van der Waals surface area contributed by atoms with Crippen LogP contribution in [0.4, 0.5) is 4.79 Å². The second-order valence-corrected chi connectivity index (χ2v) is 10.5. The summed E-state index contributed by atoms with van der Waals surface area (Å²) in [5.74, 6) is 0.168. The Balaban J connectivity index is 1.25. The second-order valence-electron chi connectivity index (χ2n) is 10.5. The van der Waals surface area contributed by atoms with E-state index in [-0.39, 0.29) is 12.2 Å². The molecular formula is C34H34N6O6. The molecule has 0 radical (unpaired) electrons. The molecule has 0 aliphatic carbocycles. The van der Waals surface area contributed by atoms with E-state index in [2.05, 4.69) is 31.8 Å². The van der Waals surface area contributed by atoms with Gasteiger partial charge in [0.2, 0.25) is 0 Å². The number of aliphatic hydroxyl groups excluding tert-OH is 1. The lowest BCUT2D eigenvalue weighted by Crippen LogP contribution is -2.45. The van der Waals surface area contributed by atoms with Crippen molar-refractivity contribution < 1.29 is 28.9 Å². The van der Waals surface area contributed by atoms with Crippen molar-refractivity contribution in [1.29, 1.82) is 5.26 Å². The first kappa shape index (κ1) is 31.6. The standard InChI is InChI=1S/C34H34N6O6/c1-4-45-29-15-24(32-31(33(42)44-3)21(2)37-34(43)38-32)13-14-28(29)46-20-30(41)39-36-17-25-19-40(27-8-6-5-7-26(25)27)18-23-11-9-22(16-35)10-12-23/h5-15,17,19,30,32,39,41H,4,18,20H2,1-3H3,(H2,37,38,43)/b36-17+/t30-,32-/m0/s1. The van der Waals surface area contributed by atoms with Crippen molar-refractivity contribution in [3.8, 4) is 17.6 Å². The van der Waals surface area contributed by atoms with E-state index in [1.807, 2.05) is 49.5 Å². The number of ether oxygens (including phenoxy) is 3. The van der Waals surface area contributed by atoms with Crippen molar-refractivity contribution in [1.82, 2.24) is 20.6 Å². The number of carbonyl (C=O) groups is 2. The van der Waals surface area contributed by atoms with Crippen LogP contribution in [0, 0.1) is 11.3 Å². The number of methoxy groups -OCH3 is 1. The van der Waals surface area contributed by atoms with Gasteiger partial charge < -0.3 is 34.5 Å². The lowest BCUT2D eigenvalue weighted by atomic mass is 9.95. The molecule has 0 bridgehead atoms. The average Bonchev–Trinajstić information content (AvgIpc) is 3.40. The van der Waals surface area contributed by atoms with Gasteiger partial charge in [0.05, 0.1) is 43.2 Å². The van der Waals surface area contributed by atoms with E-state index in [4.69, 9.17) is 19.5 Å². The topological polar surface area (TPSA) is 159 Å². The van der Waals surface area contributed by atoms with Gasteiger partial charge in [-0.3, -0.25) is 5.43 Å². The Morgan fingerprint density at radius 2 is 1.93 bits per heavy atom. The van der Waals surface area contributed by atoms with E-state index in [1.54, 1.807) is 43.5 Å². The summed E-state index contributed by atoms with van der Waals surface area (Å²) in [6.07, 6.45) is 2.49. The molecule has 0 spiro atoms. The molecule has 1 aliphatic rings. The fourth-order valence-corrected chi connectivity index (χ4v) is 5.21. The normalized spacial score (nSPS) is 15.2. The van der Waals surface area contributed by atoms with Crippen molar-refractivity contribution in [2.45, 2.75) is 32.7 Å². The fraction of sp³-hybridized carbons (Fsp3) is 0.235. The number of aliphatic hydroxyl groups is 1. The Bertz CT molecular complexity index is 1840. The molecule has 3 aromatic carbocycles. The number of benzene rings is 3. The Morgan fingerprint density at radius 3 is 2.67 bits per heavy atom. The van der Waals surface area contributed by atoms with Gasteiger partial charge in [0.15, 0.2) is 17.7 Å². The number of carbonyl (C=O) groups excluding carboxylic acids is 2. The molecule has 5 rings (SSSR count). The summed E-state index contributed by atoms with van der Waals surface area (Å²) in [6, 6.07) is 21.4. The number of esters is 1. The summed E-state index contributed by atoms with van der Waals surface area (Å²) in [6.45, 7) is 4.26. The van der Waals surface area contributed by atoms with Crippen LogP contribution < -0.4 is 25.5 Å². The van der Waals surface area contributed by atoms with Crippen molar-refractivity contribution in [2.24, 2.45) is 5.10 Å². The molecule has 12 nitrogen and oxygen atoms in total. The van der Waals surface area contributed by atoms with E-state index >= 15 is 0 Å². The summed E-state index contributed by atoms with van der Waals surface area (Å²) < 4.78 is 18.7. The molecule has 2 amide bonds. The van der Waals surface area contributed by atoms with Crippen molar-refractivity contribution in [2.75, 3.05) is 20.3 Å². The van der Waals surface area contributed by atoms with E-state index < -0.39 is 24.3 Å². The summed E-state index contributed by atoms with van der Waals surface area (Å²) in [7, 11) is 1.28. The molecule has 4 aromatic rings. The number of allylic oxidation sites excluding steroid dienone is 1. The lowest BCUT2D eigenvalue weighted by molar-refractivity contribution is -0.136. The minimum absolute atomic E-state index is 0.145. The van der Waals surface area contributed by atoms with Crippen LogP contribution in [0.15, 0.2) is 89.3 Å². The fourth-order valence-electron chi connectivity index (χ4n) is 5.21. The Labute approximate surface area is 265 Å². The summed E-state index contributed by atoms with van der Waals surface area (Å²) in [4.78, 5) is 24.7. The molecule has 1 aliphatic heterocycles. The number of para-hydroxylation sites is 1. The van der Waals surface area contributed by atoms with Gasteiger partial charge in [0.25, 0.3) is 0 Å². The number of nitrogens with zero attached hydrogens (tertiary/aromatic N) is 3. The molecule has 4 N–H and O–H groups in total. The van der Waals surface area contributed by atoms with Crippen LogP contribution in [0.25, 0.3) is 10.9 Å². The number of nitriles is 1. The Hall–Kier alpha value is -5.80. The van der Waals surface area contributed by atoms with Gasteiger partial charge in [-0.05, 0) is 55.3 Å². The van der Waals surface area contributed by atoms with E-state index in [0.29, 0.717) is 41.5 Å². The number of amides is 2. The van der Waals surface area contributed by atoms with Crippen LogP contribution in [0.5, 0.6) is 11.5 Å². The van der Waals surface area contributed by atoms with Gasteiger partial charge in [0, 0.05) is 34.9 Å². The summed E-state index contributed by atoms with van der Waals surface area (Å²) in [5, 5.41) is 30.2. The molecule has 46 heavy (non-hydrogen) atoms. The van der Waals surface area contributed by atoms with Gasteiger partial charge >= 0.3 is 12.0 Å². The third kappa shape index (κ3) is 7.11. The number of urea groups is 1. The zero-order valence-electron chi connectivity index (χ0n) is 25.6. The van der Waals surface area contributed by atoms with Gasteiger partial charge in [-0.2, -0.15) is 10.4 Å². The lowest BCUT2D eigenvalue weighted by Gasteiger charge is -2.28. The van der Waals surface area contributed by atoms with E-state index in [0.717, 1.165) is 22.0 Å². The number of nitrogens with one attached hydrogen (secondary N) is 3. The molecule has 1 aromatic heterocycles. The number of aromatic nitrogens is 1. The molecule has 0 fully saturated rings. The maximum Gasteiger partial charge on any atom is 0.337 e. The molecule has 12 heteroatoms. The highest BCUT2D eigenvalue weighted by molar-refractivity contribution is 5.99. The molecule has 236 valence electrons. The van der Waals surface area contributed by atoms with Crippen LogP contribution in [0.1, 0.15) is 42.1 Å². The highest BCUT2D eigenvalue weighted by Gasteiger charge is 2.32. The van der Waals surface area contributed by atoms with Crippen LogP contribution in [-0.4, -0.2) is 54.4 Å². The quantitative estimate of drug-likeness (QED) is 0.0796. The molecule has 0 unspecified atom stereocenters. The number of hydrogen-bond donors (Lipinski definition) is 4. The Kier molecular flexibility index (Phi) is 9.84. The monoisotopic (exact) mass is 622 g/mol. The number of hydrogen-bond acceptors (Lipinski definition) is 9. The second kappa shape index (κ2) is 14.3. The highest BCUT2D eigenvalue weighted by Crippen LogP contribution is 2.35. The van der Waals surface area contributed by atoms with Crippen molar-refractivity contribution >= 4 is 29.1 Å². The molecule has 0 saturated carbocycles. The average molecular weight is 623 g/mol. The number of hydrazone groups is 1. The zero-order chi connectivity index (χ0) is 32.6. The third-order valence-electron chi connectivity index (χ3n) is 7.35. The molecule has 2 atom stereocenters. The van der Waals surface area contributed by atoms with E-state index in [1.165, 1.54) is 7.11 Å². The largest absolute Gasteiger partial charge is 0.490 e. The van der Waals surface area contributed by atoms with Gasteiger partial charge in [-0.15, -0.1) is 0 Å². The van der Waals surface area contributed by atoms with Crippen LogP contribution in [-0.2, 0) is 16.1 Å². The minimum Gasteiger partial charge on any atom is -0.490 e. The van der Waals surface area contributed by atoms with Gasteiger partial charge in [-0.1, -0.05) is 36.4 Å². The molecule has 0 saturated heterocycles. The molecular weight excluding hydrogens is 588 g/mol. The van der Waals surface area contributed by atoms with Crippen LogP contribution >= 0.6 is 0 Å². The first-order chi connectivity index (χ1) is 22.3. The maximum absolute atomic E-state index is 12.5. The van der Waals surface area contributed by atoms with Gasteiger partial charge in [0.1, 0.15) is 6.61 Å². The summed E-state index contributed by atoms with van der Waals surface area (Å²) in [5.41, 5.74) is 7.51. The highest BCUT2D eigenvalue weighted by atomic mass is 16.5. The van der Waals surface area contributed by atoms with Crippen LogP contribution in [0.3, 0.4) is 0 Å². The predicted octanol–water partition coefficient (Wildman–Crippen LogP) is 4.08. The third-order valence-corrected chi connectivity index (χ3v) is 7.35. The van der Waals surface area contributed by atoms with E-state index in [9.17, 15) is 14.7 Å². The summed E-state index contributed by atoms with van der Waals surface area (Å²) >= 11 is 0. The predicted molar refractivity (Wildman–Crippen MR) is 171 cm³/mol.